The molecule has 2 aromatic carbocycles. The van der Waals surface area contributed by atoms with Crippen LogP contribution >= 0.6 is 11.6 Å². The molecular formula is C28H27ClF3NO3. The minimum atomic E-state index is -4.39. The van der Waals surface area contributed by atoms with Gasteiger partial charge in [-0.2, -0.15) is 13.2 Å². The van der Waals surface area contributed by atoms with Gasteiger partial charge in [-0.05, 0) is 73.9 Å². The van der Waals surface area contributed by atoms with E-state index >= 15 is 0 Å². The number of nitrogens with zero attached hydrogens (tertiary/aromatic N) is 1. The molecule has 1 atom stereocenters. The van der Waals surface area contributed by atoms with Crippen LogP contribution in [-0.4, -0.2) is 17.6 Å². The molecule has 1 heterocycles. The second kappa shape index (κ2) is 12.6. The first kappa shape index (κ1) is 27.3. The van der Waals surface area contributed by atoms with E-state index in [1.165, 1.54) is 18.2 Å². The van der Waals surface area contributed by atoms with E-state index in [1.807, 2.05) is 12.1 Å². The van der Waals surface area contributed by atoms with Gasteiger partial charge in [0.1, 0.15) is 11.9 Å². The number of benzene rings is 2. The Balaban J connectivity index is 1.82. The Bertz CT molecular complexity index is 1190. The van der Waals surface area contributed by atoms with Crippen LogP contribution in [0.5, 0.6) is 5.75 Å². The quantitative estimate of drug-likeness (QED) is 0.200. The largest absolute Gasteiger partial charge is 0.484 e. The van der Waals surface area contributed by atoms with Gasteiger partial charge >= 0.3 is 12.1 Å². The number of carbonyl (C=O) groups excluding carboxylic acids is 1. The molecule has 0 spiro atoms. The van der Waals surface area contributed by atoms with E-state index in [2.05, 4.69) is 11.9 Å². The molecule has 0 saturated carbocycles. The Morgan fingerprint density at radius 3 is 2.47 bits per heavy atom. The first-order valence-electron chi connectivity index (χ1n) is 11.7. The molecule has 190 valence electrons. The summed E-state index contributed by atoms with van der Waals surface area (Å²) in [6.07, 6.45) is 0.665. The maximum Gasteiger partial charge on any atom is 0.416 e. The van der Waals surface area contributed by atoms with Crippen LogP contribution in [0.25, 0.3) is 17.3 Å². The van der Waals surface area contributed by atoms with Crippen molar-refractivity contribution in [2.24, 2.45) is 0 Å². The molecule has 0 aliphatic rings. The zero-order valence-corrected chi connectivity index (χ0v) is 20.8. The highest BCUT2D eigenvalue weighted by Gasteiger charge is 2.30. The molecule has 0 N–H and O–H groups in total. The van der Waals surface area contributed by atoms with Crippen LogP contribution in [0, 0.1) is 0 Å². The van der Waals surface area contributed by atoms with Crippen LogP contribution in [0.2, 0.25) is 5.02 Å². The molecular weight excluding hydrogens is 491 g/mol. The Morgan fingerprint density at radius 2 is 1.83 bits per heavy atom. The van der Waals surface area contributed by atoms with Gasteiger partial charge in [0.25, 0.3) is 0 Å². The molecule has 0 radical (unpaired) electrons. The number of pyridine rings is 1. The summed E-state index contributed by atoms with van der Waals surface area (Å²) in [6.45, 7) is 4.09. The summed E-state index contributed by atoms with van der Waals surface area (Å²) in [5.74, 6) is 0.0867. The minimum absolute atomic E-state index is 0.289. The van der Waals surface area contributed by atoms with Crippen molar-refractivity contribution in [1.29, 1.82) is 0 Å². The Hall–Kier alpha value is -3.32. The number of aromatic nitrogens is 1. The number of esters is 1. The summed E-state index contributed by atoms with van der Waals surface area (Å²) < 4.78 is 49.9. The summed E-state index contributed by atoms with van der Waals surface area (Å²) in [7, 11) is 0. The highest BCUT2D eigenvalue weighted by molar-refractivity contribution is 6.32. The van der Waals surface area contributed by atoms with Crippen molar-refractivity contribution in [3.63, 3.8) is 0 Å². The summed E-state index contributed by atoms with van der Waals surface area (Å²) in [6, 6.07) is 15.5. The predicted molar refractivity (Wildman–Crippen MR) is 135 cm³/mol. The van der Waals surface area contributed by atoms with E-state index in [0.717, 1.165) is 25.0 Å². The first-order chi connectivity index (χ1) is 17.2. The summed E-state index contributed by atoms with van der Waals surface area (Å²) in [5.41, 5.74) is 1.75. The topological polar surface area (TPSA) is 48.4 Å². The lowest BCUT2D eigenvalue weighted by atomic mass is 10.1. The van der Waals surface area contributed by atoms with Crippen LogP contribution < -0.4 is 4.74 Å². The standard InChI is InChI=1S/C28H27ClF3NO3/c1-3-5-9-26(36-22-16-12-19(23(29)18-22)13-17-27(34)35-4-2)25-8-6-7-24(33-25)20-10-14-21(15-11-20)28(30,31)32/h6-8,10-18,26H,3-5,9H2,1-2H3/t26-/m1/s1. The number of ether oxygens (including phenoxy) is 2. The molecule has 0 amide bonds. The highest BCUT2D eigenvalue weighted by Crippen LogP contribution is 2.32. The third kappa shape index (κ3) is 7.59. The van der Waals surface area contributed by atoms with Crippen molar-refractivity contribution >= 4 is 23.6 Å². The lowest BCUT2D eigenvalue weighted by Gasteiger charge is -2.20. The van der Waals surface area contributed by atoms with E-state index in [-0.39, 0.29) is 12.7 Å². The van der Waals surface area contributed by atoms with Gasteiger partial charge in [-0.1, -0.05) is 43.1 Å². The normalized spacial score (nSPS) is 12.5. The molecule has 0 aliphatic carbocycles. The third-order valence-corrected chi connectivity index (χ3v) is 5.69. The fourth-order valence-electron chi connectivity index (χ4n) is 3.51. The van der Waals surface area contributed by atoms with Gasteiger partial charge in [0.05, 0.1) is 28.6 Å². The molecule has 1 aromatic heterocycles. The smallest absolute Gasteiger partial charge is 0.416 e. The number of carbonyl (C=O) groups is 1. The van der Waals surface area contributed by atoms with E-state index in [1.54, 1.807) is 37.3 Å². The molecule has 8 heteroatoms. The predicted octanol–water partition coefficient (Wildman–Crippen LogP) is 8.31. The van der Waals surface area contributed by atoms with Crippen LogP contribution in [0.15, 0.2) is 66.7 Å². The number of rotatable bonds is 10. The van der Waals surface area contributed by atoms with Gasteiger partial charge in [0.15, 0.2) is 0 Å². The Labute approximate surface area is 213 Å². The number of hydrogen-bond donors (Lipinski definition) is 0. The first-order valence-corrected chi connectivity index (χ1v) is 12.0. The lowest BCUT2D eigenvalue weighted by molar-refractivity contribution is -0.138. The molecule has 0 unspecified atom stereocenters. The van der Waals surface area contributed by atoms with E-state index in [9.17, 15) is 18.0 Å². The minimum Gasteiger partial charge on any atom is -0.484 e. The highest BCUT2D eigenvalue weighted by atomic mass is 35.5. The van der Waals surface area contributed by atoms with Gasteiger partial charge in [0, 0.05) is 11.6 Å². The Morgan fingerprint density at radius 1 is 1.08 bits per heavy atom. The second-order valence-corrected chi connectivity index (χ2v) is 8.45. The molecule has 0 saturated heterocycles. The van der Waals surface area contributed by atoms with E-state index in [0.29, 0.717) is 39.7 Å². The molecule has 3 aromatic rings. The average Bonchev–Trinajstić information content (AvgIpc) is 2.86. The van der Waals surface area contributed by atoms with Gasteiger partial charge in [-0.25, -0.2) is 9.78 Å². The van der Waals surface area contributed by atoms with Crippen LogP contribution in [0.4, 0.5) is 13.2 Å². The van der Waals surface area contributed by atoms with Gasteiger partial charge in [0.2, 0.25) is 0 Å². The van der Waals surface area contributed by atoms with Crippen molar-refractivity contribution in [3.8, 4) is 17.0 Å². The van der Waals surface area contributed by atoms with Crippen LogP contribution in [-0.2, 0) is 15.7 Å². The second-order valence-electron chi connectivity index (χ2n) is 8.04. The maximum atomic E-state index is 12.9. The SMILES string of the molecule is CCCC[C@@H](Oc1ccc(C=CC(=O)OCC)c(Cl)c1)c1cccc(-c2ccc(C(F)(F)F)cc2)n1. The van der Waals surface area contributed by atoms with Crippen LogP contribution in [0.3, 0.4) is 0 Å². The van der Waals surface area contributed by atoms with E-state index < -0.39 is 17.7 Å². The third-order valence-electron chi connectivity index (χ3n) is 5.36. The fraction of sp³-hybridized carbons (Fsp3) is 0.286. The number of halogens is 4. The van der Waals surface area contributed by atoms with Gasteiger partial charge < -0.3 is 9.47 Å². The fourth-order valence-corrected chi connectivity index (χ4v) is 3.74. The lowest BCUT2D eigenvalue weighted by Crippen LogP contribution is -2.10. The van der Waals surface area contributed by atoms with Gasteiger partial charge in [-0.15, -0.1) is 0 Å². The summed E-state index contributed by atoms with van der Waals surface area (Å²) in [5, 5.41) is 0.411. The van der Waals surface area contributed by atoms with Crippen molar-refractivity contribution < 1.29 is 27.4 Å². The zero-order valence-electron chi connectivity index (χ0n) is 20.0. The summed E-state index contributed by atoms with van der Waals surface area (Å²) in [4.78, 5) is 16.2. The molecule has 3 rings (SSSR count). The molecule has 0 aliphatic heterocycles. The van der Waals surface area contributed by atoms with E-state index in [4.69, 9.17) is 21.1 Å². The number of hydrogen-bond acceptors (Lipinski definition) is 4. The molecule has 4 nitrogen and oxygen atoms in total. The monoisotopic (exact) mass is 517 g/mol. The van der Waals surface area contributed by atoms with Crippen molar-refractivity contribution in [1.82, 2.24) is 4.98 Å². The zero-order chi connectivity index (χ0) is 26.1. The molecule has 36 heavy (non-hydrogen) atoms. The molecule has 0 fully saturated rings. The summed E-state index contributed by atoms with van der Waals surface area (Å²) >= 11 is 6.39. The van der Waals surface area contributed by atoms with Crippen LogP contribution in [0.1, 0.15) is 56.0 Å². The van der Waals surface area contributed by atoms with Gasteiger partial charge in [-0.3, -0.25) is 0 Å². The molecule has 0 bridgehead atoms. The Kier molecular flexibility index (Phi) is 9.53. The van der Waals surface area contributed by atoms with Crippen molar-refractivity contribution in [3.05, 3.63) is 88.6 Å². The average molecular weight is 518 g/mol. The number of alkyl halides is 3. The van der Waals surface area contributed by atoms with Crippen molar-refractivity contribution in [2.75, 3.05) is 6.61 Å². The number of unbranched alkanes of at least 4 members (excludes halogenated alkanes) is 1. The van der Waals surface area contributed by atoms with Crippen molar-refractivity contribution in [2.45, 2.75) is 45.4 Å². The maximum absolute atomic E-state index is 12.9.